The van der Waals surface area contributed by atoms with E-state index in [2.05, 4.69) is 15.3 Å². The van der Waals surface area contributed by atoms with Gasteiger partial charge in [0.05, 0.1) is 5.69 Å². The molecule has 2 heterocycles. The summed E-state index contributed by atoms with van der Waals surface area (Å²) in [5.41, 5.74) is 9.32. The molecule has 142 valence electrons. The van der Waals surface area contributed by atoms with Crippen molar-refractivity contribution in [1.82, 2.24) is 9.97 Å². The quantitative estimate of drug-likeness (QED) is 0.308. The van der Waals surface area contributed by atoms with Gasteiger partial charge in [0, 0.05) is 38.6 Å². The maximum absolute atomic E-state index is 12.5. The lowest BCUT2D eigenvalue weighted by Gasteiger charge is -2.14. The minimum Gasteiger partial charge on any atom is -0.399 e. The number of nitrogens with two attached hydrogens (primary N) is 1. The third-order valence-corrected chi connectivity index (χ3v) is 4.74. The summed E-state index contributed by atoms with van der Waals surface area (Å²) in [6.45, 7) is 5.70. The molecule has 2 aromatic heterocycles. The predicted molar refractivity (Wildman–Crippen MR) is 113 cm³/mol. The van der Waals surface area contributed by atoms with Gasteiger partial charge in [-0.25, -0.2) is 0 Å². The molecule has 0 unspecified atom stereocenters. The van der Waals surface area contributed by atoms with Crippen LogP contribution in [0.2, 0.25) is 0 Å². The molecule has 5 N–H and O–H groups in total. The van der Waals surface area contributed by atoms with Gasteiger partial charge >= 0.3 is 0 Å². The number of aromatic nitrogens is 2. The molecule has 28 heavy (non-hydrogen) atoms. The van der Waals surface area contributed by atoms with Gasteiger partial charge in [0.15, 0.2) is 5.78 Å². The zero-order valence-corrected chi connectivity index (χ0v) is 16.0. The van der Waals surface area contributed by atoms with Crippen molar-refractivity contribution >= 4 is 45.0 Å². The fourth-order valence-electron chi connectivity index (χ4n) is 3.22. The van der Waals surface area contributed by atoms with Crippen molar-refractivity contribution in [2.45, 2.75) is 20.8 Å². The van der Waals surface area contributed by atoms with Crippen LogP contribution in [0.5, 0.6) is 0 Å². The van der Waals surface area contributed by atoms with Gasteiger partial charge < -0.3 is 21.0 Å². The molecule has 0 atom stereocenters. The second kappa shape index (κ2) is 6.27. The van der Waals surface area contributed by atoms with Crippen molar-refractivity contribution in [1.29, 1.82) is 0 Å². The smallest absolute Gasteiger partial charge is 0.255 e. The Balaban J connectivity index is 1.63. The molecule has 1 amide bonds. The Kier molecular flexibility index (Phi) is 4.00. The summed E-state index contributed by atoms with van der Waals surface area (Å²) in [5.74, 6) is -0.132. The van der Waals surface area contributed by atoms with Crippen molar-refractivity contribution in [2.24, 2.45) is 5.41 Å². The number of rotatable bonds is 3. The van der Waals surface area contributed by atoms with Crippen molar-refractivity contribution < 1.29 is 9.59 Å². The van der Waals surface area contributed by atoms with Gasteiger partial charge in [-0.05, 0) is 42.5 Å². The molecule has 0 fully saturated rings. The topological polar surface area (TPSA) is 104 Å². The fraction of sp³-hybridized carbons (Fsp3) is 0.182. The van der Waals surface area contributed by atoms with E-state index in [9.17, 15) is 9.59 Å². The molecule has 0 saturated heterocycles. The number of hydrogen-bond acceptors (Lipinski definition) is 3. The molecule has 0 aliphatic rings. The molecule has 0 saturated carbocycles. The number of H-pyrrole nitrogens is 2. The maximum Gasteiger partial charge on any atom is 0.255 e. The Morgan fingerprint density at radius 2 is 1.64 bits per heavy atom. The van der Waals surface area contributed by atoms with Crippen LogP contribution in [0.15, 0.2) is 48.5 Å². The number of carbonyl (C=O) groups excluding carboxylic acids is 2. The van der Waals surface area contributed by atoms with Crippen LogP contribution in [0.1, 0.15) is 41.6 Å². The van der Waals surface area contributed by atoms with Gasteiger partial charge in [-0.1, -0.05) is 26.8 Å². The predicted octanol–water partition coefficient (Wildman–Crippen LogP) is 4.71. The molecule has 0 radical (unpaired) electrons. The SMILES string of the molecule is CC(C)(C)C(=O)c1cc2c([nH]1)[nH]c1cc(NC(=O)c3ccc(N)cc3)ccc12. The Labute approximate surface area is 162 Å². The maximum atomic E-state index is 12.5. The Morgan fingerprint density at radius 3 is 2.32 bits per heavy atom. The summed E-state index contributed by atoms with van der Waals surface area (Å²) in [4.78, 5) is 31.4. The number of hydrogen-bond donors (Lipinski definition) is 4. The van der Waals surface area contributed by atoms with Crippen LogP contribution in [0, 0.1) is 5.41 Å². The Bertz CT molecular complexity index is 1210. The number of nitrogens with one attached hydrogen (secondary N) is 3. The zero-order valence-electron chi connectivity index (χ0n) is 16.0. The standard InChI is InChI=1S/C22H22N4O2/c1-22(2,3)19(27)18-11-16-15-9-8-14(10-17(15)25-20(16)26-18)24-21(28)12-4-6-13(23)7-5-12/h4-11,25-26H,23H2,1-3H3,(H,24,28). The number of benzene rings is 2. The largest absolute Gasteiger partial charge is 0.399 e. The summed E-state index contributed by atoms with van der Waals surface area (Å²) in [6.07, 6.45) is 0. The highest BCUT2D eigenvalue weighted by atomic mass is 16.1. The van der Waals surface area contributed by atoms with Crippen molar-refractivity contribution in [2.75, 3.05) is 11.1 Å². The first-order valence-electron chi connectivity index (χ1n) is 9.08. The second-order valence-corrected chi connectivity index (χ2v) is 8.01. The van der Waals surface area contributed by atoms with Crippen molar-refractivity contribution in [3.63, 3.8) is 0 Å². The first kappa shape index (κ1) is 17.9. The van der Waals surface area contributed by atoms with Gasteiger partial charge in [-0.15, -0.1) is 0 Å². The number of fused-ring (bicyclic) bond motifs is 3. The van der Waals surface area contributed by atoms with Crippen molar-refractivity contribution in [3.8, 4) is 0 Å². The molecule has 0 bridgehead atoms. The number of Topliss-reactive ketones (excluding diaryl/α,β-unsaturated/α-hetero) is 1. The van der Waals surface area contributed by atoms with E-state index in [1.54, 1.807) is 24.3 Å². The van der Waals surface area contributed by atoms with Crippen LogP contribution in [-0.4, -0.2) is 21.7 Å². The third kappa shape index (κ3) is 3.13. The van der Waals surface area contributed by atoms with E-state index in [0.29, 0.717) is 22.6 Å². The van der Waals surface area contributed by atoms with E-state index < -0.39 is 5.41 Å². The Hall–Kier alpha value is -3.54. The highest BCUT2D eigenvalue weighted by molar-refractivity contribution is 6.12. The van der Waals surface area contributed by atoms with E-state index in [1.165, 1.54) is 0 Å². The highest BCUT2D eigenvalue weighted by Gasteiger charge is 2.25. The van der Waals surface area contributed by atoms with Crippen LogP contribution >= 0.6 is 0 Å². The van der Waals surface area contributed by atoms with E-state index in [-0.39, 0.29) is 11.7 Å². The number of amides is 1. The fourth-order valence-corrected chi connectivity index (χ4v) is 3.22. The normalized spacial score (nSPS) is 11.8. The molecular formula is C22H22N4O2. The molecular weight excluding hydrogens is 352 g/mol. The van der Waals surface area contributed by atoms with Gasteiger partial charge in [0.25, 0.3) is 5.91 Å². The van der Waals surface area contributed by atoms with Gasteiger partial charge in [0.1, 0.15) is 5.65 Å². The monoisotopic (exact) mass is 374 g/mol. The summed E-state index contributed by atoms with van der Waals surface area (Å²) in [5, 5.41) is 4.84. The molecule has 2 aromatic carbocycles. The molecule has 6 nitrogen and oxygen atoms in total. The minimum absolute atomic E-state index is 0.0673. The molecule has 0 aliphatic heterocycles. The van der Waals surface area contributed by atoms with E-state index in [4.69, 9.17) is 5.73 Å². The van der Waals surface area contributed by atoms with Gasteiger partial charge in [-0.2, -0.15) is 0 Å². The molecule has 4 aromatic rings. The molecule has 6 heteroatoms. The van der Waals surface area contributed by atoms with Crippen LogP contribution in [0.25, 0.3) is 21.9 Å². The minimum atomic E-state index is -0.447. The third-order valence-electron chi connectivity index (χ3n) is 4.74. The van der Waals surface area contributed by atoms with E-state index in [1.807, 2.05) is 45.0 Å². The lowest BCUT2D eigenvalue weighted by Crippen LogP contribution is -2.20. The first-order chi connectivity index (χ1) is 13.2. The zero-order chi connectivity index (χ0) is 20.1. The average molecular weight is 374 g/mol. The first-order valence-corrected chi connectivity index (χ1v) is 9.08. The molecule has 0 spiro atoms. The van der Waals surface area contributed by atoms with E-state index >= 15 is 0 Å². The molecule has 4 rings (SSSR count). The lowest BCUT2D eigenvalue weighted by molar-refractivity contribution is 0.0853. The van der Waals surface area contributed by atoms with Crippen LogP contribution in [0.4, 0.5) is 11.4 Å². The Morgan fingerprint density at radius 1 is 0.929 bits per heavy atom. The number of aromatic amines is 2. The van der Waals surface area contributed by atoms with Crippen molar-refractivity contribution in [3.05, 3.63) is 59.8 Å². The van der Waals surface area contributed by atoms with E-state index in [0.717, 1.165) is 21.9 Å². The average Bonchev–Trinajstić information content (AvgIpc) is 3.18. The number of ketones is 1. The number of anilines is 2. The van der Waals surface area contributed by atoms with Gasteiger partial charge in [0.2, 0.25) is 0 Å². The summed E-state index contributed by atoms with van der Waals surface area (Å²) < 4.78 is 0. The lowest BCUT2D eigenvalue weighted by atomic mass is 9.89. The van der Waals surface area contributed by atoms with Crippen LogP contribution in [0.3, 0.4) is 0 Å². The second-order valence-electron chi connectivity index (χ2n) is 8.01. The summed E-state index contributed by atoms with van der Waals surface area (Å²) in [6, 6.07) is 14.3. The van der Waals surface area contributed by atoms with Gasteiger partial charge in [-0.3, -0.25) is 9.59 Å². The highest BCUT2D eigenvalue weighted by Crippen LogP contribution is 2.30. The van der Waals surface area contributed by atoms with Crippen LogP contribution in [-0.2, 0) is 0 Å². The summed E-state index contributed by atoms with van der Waals surface area (Å²) >= 11 is 0. The number of nitrogen functional groups attached to an aromatic ring is 1. The number of carbonyl (C=O) groups is 2. The summed E-state index contributed by atoms with van der Waals surface area (Å²) in [7, 11) is 0. The van der Waals surface area contributed by atoms with Crippen LogP contribution < -0.4 is 11.1 Å². The molecule has 0 aliphatic carbocycles.